The molecule has 0 bridgehead atoms. The van der Waals surface area contributed by atoms with Crippen LogP contribution < -0.4 is 5.73 Å². The van der Waals surface area contributed by atoms with Gasteiger partial charge in [-0.3, -0.25) is 15.2 Å². The third-order valence-electron chi connectivity index (χ3n) is 4.07. The molecule has 3 unspecified atom stereocenters. The zero-order valence-electron chi connectivity index (χ0n) is 10.4. The fraction of sp³-hybridized carbons (Fsp3) is 0.917. The minimum atomic E-state index is 0.313. The summed E-state index contributed by atoms with van der Waals surface area (Å²) in [6.45, 7) is 8.13. The molecule has 4 nitrogen and oxygen atoms in total. The quantitative estimate of drug-likeness (QED) is 0.552. The summed E-state index contributed by atoms with van der Waals surface area (Å²) in [5.41, 5.74) is 5.50. The van der Waals surface area contributed by atoms with Crippen molar-refractivity contribution in [2.45, 2.75) is 51.2 Å². The van der Waals surface area contributed by atoms with Crippen LogP contribution in [-0.2, 0) is 0 Å². The molecule has 0 aliphatic carbocycles. The van der Waals surface area contributed by atoms with Crippen molar-refractivity contribution in [2.24, 2.45) is 5.73 Å². The lowest BCUT2D eigenvalue weighted by molar-refractivity contribution is 0.0350. The number of nitrogens with two attached hydrogens (primary N) is 1. The van der Waals surface area contributed by atoms with Gasteiger partial charge in [-0.25, -0.2) is 0 Å². The molecule has 0 spiro atoms. The maximum atomic E-state index is 7.40. The van der Waals surface area contributed by atoms with Gasteiger partial charge in [-0.2, -0.15) is 0 Å². The Kier molecular flexibility index (Phi) is 3.50. The molecule has 0 aromatic carbocycles. The zero-order chi connectivity index (χ0) is 11.7. The predicted molar refractivity (Wildman–Crippen MR) is 66.8 cm³/mol. The molecule has 4 heteroatoms. The van der Waals surface area contributed by atoms with Gasteiger partial charge in [0.05, 0.1) is 5.84 Å². The van der Waals surface area contributed by atoms with Crippen molar-refractivity contribution in [1.82, 2.24) is 9.80 Å². The summed E-state index contributed by atoms with van der Waals surface area (Å²) in [4.78, 5) is 5.16. The van der Waals surface area contributed by atoms with Gasteiger partial charge >= 0.3 is 0 Å². The second-order valence-corrected chi connectivity index (χ2v) is 5.42. The van der Waals surface area contributed by atoms with Crippen LogP contribution in [-0.4, -0.2) is 53.4 Å². The molecule has 2 aliphatic heterocycles. The van der Waals surface area contributed by atoms with E-state index >= 15 is 0 Å². The summed E-state index contributed by atoms with van der Waals surface area (Å²) in [5, 5.41) is 7.40. The number of hydrogen-bond donors (Lipinski definition) is 2. The second kappa shape index (κ2) is 4.72. The van der Waals surface area contributed by atoms with Crippen LogP contribution in [0.4, 0.5) is 0 Å². The maximum absolute atomic E-state index is 7.40. The van der Waals surface area contributed by atoms with Crippen LogP contribution in [0.1, 0.15) is 33.1 Å². The Bertz CT molecular complexity index is 266. The Hall–Kier alpha value is -0.610. The molecule has 2 heterocycles. The number of amidine groups is 1. The highest BCUT2D eigenvalue weighted by molar-refractivity contribution is 5.77. The number of hydrogen-bond acceptors (Lipinski definition) is 3. The van der Waals surface area contributed by atoms with E-state index < -0.39 is 0 Å². The fourth-order valence-corrected chi connectivity index (χ4v) is 3.26. The SMILES string of the molecule is CC(CC(=N)N)N1CC2CCCN2CC1C. The first-order chi connectivity index (χ1) is 7.58. The molecule has 2 rings (SSSR count). The van der Waals surface area contributed by atoms with Crippen LogP contribution in [0.2, 0.25) is 0 Å². The van der Waals surface area contributed by atoms with Crippen LogP contribution in [0.25, 0.3) is 0 Å². The van der Waals surface area contributed by atoms with Gasteiger partial charge in [0, 0.05) is 37.6 Å². The van der Waals surface area contributed by atoms with Crippen LogP contribution in [0, 0.1) is 5.41 Å². The number of piperazine rings is 1. The molecule has 3 N–H and O–H groups in total. The summed E-state index contributed by atoms with van der Waals surface area (Å²) in [6.07, 6.45) is 3.40. The average molecular weight is 224 g/mol. The number of fused-ring (bicyclic) bond motifs is 1. The predicted octanol–water partition coefficient (Wildman–Crippen LogP) is 0.869. The molecule has 0 saturated carbocycles. The van der Waals surface area contributed by atoms with E-state index in [-0.39, 0.29) is 0 Å². The summed E-state index contributed by atoms with van der Waals surface area (Å²) in [7, 11) is 0. The largest absolute Gasteiger partial charge is 0.388 e. The van der Waals surface area contributed by atoms with Crippen molar-refractivity contribution in [1.29, 1.82) is 5.41 Å². The third kappa shape index (κ3) is 2.38. The molecule has 2 fully saturated rings. The van der Waals surface area contributed by atoms with Gasteiger partial charge in [-0.15, -0.1) is 0 Å². The molecule has 0 aromatic rings. The molecule has 2 aliphatic rings. The molecule has 0 amide bonds. The fourth-order valence-electron chi connectivity index (χ4n) is 3.26. The van der Waals surface area contributed by atoms with Gasteiger partial charge < -0.3 is 5.73 Å². The highest BCUT2D eigenvalue weighted by Crippen LogP contribution is 2.26. The average Bonchev–Trinajstić information content (AvgIpc) is 2.61. The molecule has 0 aromatic heterocycles. The van der Waals surface area contributed by atoms with Crippen molar-refractivity contribution >= 4 is 5.84 Å². The van der Waals surface area contributed by atoms with Crippen molar-refractivity contribution in [2.75, 3.05) is 19.6 Å². The Morgan fingerprint density at radius 2 is 2.25 bits per heavy atom. The topological polar surface area (TPSA) is 56.4 Å². The number of nitrogens with one attached hydrogen (secondary N) is 1. The monoisotopic (exact) mass is 224 g/mol. The Morgan fingerprint density at radius 3 is 2.94 bits per heavy atom. The summed E-state index contributed by atoms with van der Waals surface area (Å²) < 4.78 is 0. The van der Waals surface area contributed by atoms with Gasteiger partial charge in [0.2, 0.25) is 0 Å². The van der Waals surface area contributed by atoms with Crippen LogP contribution in [0.15, 0.2) is 0 Å². The smallest absolute Gasteiger partial charge is 0.0920 e. The lowest BCUT2D eigenvalue weighted by Gasteiger charge is -2.45. The molecule has 92 valence electrons. The summed E-state index contributed by atoms with van der Waals surface area (Å²) in [6, 6.07) is 1.77. The maximum Gasteiger partial charge on any atom is 0.0920 e. The minimum absolute atomic E-state index is 0.313. The first kappa shape index (κ1) is 11.9. The van der Waals surface area contributed by atoms with Gasteiger partial charge in [-0.1, -0.05) is 0 Å². The van der Waals surface area contributed by atoms with Crippen LogP contribution in [0.3, 0.4) is 0 Å². The zero-order valence-corrected chi connectivity index (χ0v) is 10.4. The first-order valence-corrected chi connectivity index (χ1v) is 6.40. The van der Waals surface area contributed by atoms with Gasteiger partial charge in [0.25, 0.3) is 0 Å². The van der Waals surface area contributed by atoms with Crippen LogP contribution in [0.5, 0.6) is 0 Å². The molecular formula is C12H24N4. The molecule has 3 atom stereocenters. The minimum Gasteiger partial charge on any atom is -0.388 e. The standard InChI is InChI=1S/C12H24N4/c1-9(6-12(13)14)16-8-11-4-3-5-15(11)7-10(16)2/h9-11H,3-8H2,1-2H3,(H3,13,14). The van der Waals surface area contributed by atoms with Gasteiger partial charge in [0.15, 0.2) is 0 Å². The summed E-state index contributed by atoms with van der Waals surface area (Å²) >= 11 is 0. The second-order valence-electron chi connectivity index (χ2n) is 5.42. The third-order valence-corrected chi connectivity index (χ3v) is 4.07. The first-order valence-electron chi connectivity index (χ1n) is 6.40. The molecule has 16 heavy (non-hydrogen) atoms. The summed E-state index contributed by atoms with van der Waals surface area (Å²) in [5.74, 6) is 0.313. The van der Waals surface area contributed by atoms with Gasteiger partial charge in [-0.05, 0) is 33.2 Å². The van der Waals surface area contributed by atoms with E-state index in [0.29, 0.717) is 24.3 Å². The highest BCUT2D eigenvalue weighted by atomic mass is 15.3. The Labute approximate surface area is 98.3 Å². The lowest BCUT2D eigenvalue weighted by atomic mass is 10.0. The molecular weight excluding hydrogens is 200 g/mol. The van der Waals surface area contributed by atoms with Crippen molar-refractivity contribution in [3.63, 3.8) is 0 Å². The Morgan fingerprint density at radius 1 is 1.50 bits per heavy atom. The number of nitrogens with zero attached hydrogens (tertiary/aromatic N) is 2. The molecule has 2 saturated heterocycles. The van der Waals surface area contributed by atoms with Crippen LogP contribution >= 0.6 is 0 Å². The van der Waals surface area contributed by atoms with E-state index in [4.69, 9.17) is 11.1 Å². The number of rotatable bonds is 3. The van der Waals surface area contributed by atoms with E-state index in [1.54, 1.807) is 0 Å². The normalized spacial score (nSPS) is 33.6. The van der Waals surface area contributed by atoms with E-state index in [2.05, 4.69) is 23.6 Å². The van der Waals surface area contributed by atoms with E-state index in [1.807, 2.05) is 0 Å². The Balaban J connectivity index is 1.96. The van der Waals surface area contributed by atoms with E-state index in [0.717, 1.165) is 12.6 Å². The molecule has 0 radical (unpaired) electrons. The van der Waals surface area contributed by atoms with E-state index in [1.165, 1.54) is 25.9 Å². The van der Waals surface area contributed by atoms with Crippen molar-refractivity contribution in [3.05, 3.63) is 0 Å². The van der Waals surface area contributed by atoms with Crippen molar-refractivity contribution in [3.8, 4) is 0 Å². The van der Waals surface area contributed by atoms with E-state index in [9.17, 15) is 0 Å². The van der Waals surface area contributed by atoms with Gasteiger partial charge in [0.1, 0.15) is 0 Å². The van der Waals surface area contributed by atoms with Crippen molar-refractivity contribution < 1.29 is 0 Å². The highest BCUT2D eigenvalue weighted by Gasteiger charge is 2.36. The lowest BCUT2D eigenvalue weighted by Crippen LogP contribution is -2.57.